The smallest absolute Gasteiger partial charge is 0.375 e. The number of esters is 1. The van der Waals surface area contributed by atoms with Crippen LogP contribution < -0.4 is 5.32 Å². The molecule has 5 nitrogen and oxygen atoms in total. The third kappa shape index (κ3) is 4.65. The predicted molar refractivity (Wildman–Crippen MR) is 102 cm³/mol. The summed E-state index contributed by atoms with van der Waals surface area (Å²) in [5, 5.41) is 2.72. The van der Waals surface area contributed by atoms with Gasteiger partial charge in [-0.3, -0.25) is 4.79 Å². The average molecular weight is 381 g/mol. The van der Waals surface area contributed by atoms with Gasteiger partial charge in [-0.2, -0.15) is 0 Å². The number of ether oxygens (including phenoxy) is 1. The van der Waals surface area contributed by atoms with Gasteiger partial charge in [0, 0.05) is 6.54 Å². The monoisotopic (exact) mass is 381 g/mol. The highest BCUT2D eigenvalue weighted by atomic mass is 19.1. The summed E-state index contributed by atoms with van der Waals surface area (Å²) in [6.07, 6.45) is -1.00. The molecule has 2 aromatic carbocycles. The third-order valence-electron chi connectivity index (χ3n) is 4.19. The lowest BCUT2D eigenvalue weighted by Crippen LogP contribution is -2.35. The summed E-state index contributed by atoms with van der Waals surface area (Å²) >= 11 is 0. The highest BCUT2D eigenvalue weighted by molar-refractivity contribution is 5.90. The zero-order valence-corrected chi connectivity index (χ0v) is 15.6. The molecule has 3 aromatic rings. The molecule has 1 aromatic heterocycles. The van der Waals surface area contributed by atoms with Gasteiger partial charge in [0.15, 0.2) is 6.10 Å². The van der Waals surface area contributed by atoms with E-state index < -0.39 is 23.8 Å². The van der Waals surface area contributed by atoms with Crippen molar-refractivity contribution in [3.63, 3.8) is 0 Å². The van der Waals surface area contributed by atoms with Crippen molar-refractivity contribution in [2.45, 2.75) is 26.5 Å². The van der Waals surface area contributed by atoms with Gasteiger partial charge in [0.05, 0.1) is 5.56 Å². The fourth-order valence-electron chi connectivity index (χ4n) is 2.56. The SMILES string of the molecule is Cc1ccc(CNC(=O)[C@H](C)OC(=O)c2ccc(-c3ccccc3F)o2)cc1. The van der Waals surface area contributed by atoms with Gasteiger partial charge in [0.1, 0.15) is 11.6 Å². The van der Waals surface area contributed by atoms with Crippen molar-refractivity contribution < 1.29 is 23.1 Å². The van der Waals surface area contributed by atoms with E-state index in [4.69, 9.17) is 9.15 Å². The zero-order valence-electron chi connectivity index (χ0n) is 15.6. The van der Waals surface area contributed by atoms with Gasteiger partial charge in [-0.05, 0) is 43.7 Å². The van der Waals surface area contributed by atoms with E-state index in [-0.39, 0.29) is 17.1 Å². The minimum atomic E-state index is -1.00. The van der Waals surface area contributed by atoms with Crippen LogP contribution in [0.15, 0.2) is 65.1 Å². The number of nitrogens with one attached hydrogen (secondary N) is 1. The van der Waals surface area contributed by atoms with Crippen molar-refractivity contribution in [2.75, 3.05) is 0 Å². The van der Waals surface area contributed by atoms with Gasteiger partial charge in [-0.15, -0.1) is 0 Å². The normalized spacial score (nSPS) is 11.7. The van der Waals surface area contributed by atoms with E-state index >= 15 is 0 Å². The summed E-state index contributed by atoms with van der Waals surface area (Å²) in [7, 11) is 0. The molecule has 0 aliphatic heterocycles. The lowest BCUT2D eigenvalue weighted by molar-refractivity contribution is -0.129. The molecule has 3 rings (SSSR count). The Bertz CT molecular complexity index is 978. The van der Waals surface area contributed by atoms with E-state index in [2.05, 4.69) is 5.32 Å². The first-order chi connectivity index (χ1) is 13.4. The molecule has 28 heavy (non-hydrogen) atoms. The first kappa shape index (κ1) is 19.4. The van der Waals surface area contributed by atoms with Crippen LogP contribution in [-0.2, 0) is 16.1 Å². The van der Waals surface area contributed by atoms with E-state index in [9.17, 15) is 14.0 Å². The van der Waals surface area contributed by atoms with Crippen LogP contribution in [-0.4, -0.2) is 18.0 Å². The molecular formula is C22H20FNO4. The van der Waals surface area contributed by atoms with Crippen molar-refractivity contribution in [3.05, 3.63) is 83.4 Å². The fraction of sp³-hybridized carbons (Fsp3) is 0.182. The van der Waals surface area contributed by atoms with Crippen LogP contribution in [0.4, 0.5) is 4.39 Å². The Morgan fingerprint density at radius 2 is 1.79 bits per heavy atom. The first-order valence-corrected chi connectivity index (χ1v) is 8.83. The average Bonchev–Trinajstić information content (AvgIpc) is 3.17. The van der Waals surface area contributed by atoms with Crippen LogP contribution in [0.2, 0.25) is 0 Å². The van der Waals surface area contributed by atoms with Crippen LogP contribution in [0, 0.1) is 12.7 Å². The van der Waals surface area contributed by atoms with Gasteiger partial charge >= 0.3 is 5.97 Å². The number of carbonyl (C=O) groups excluding carboxylic acids is 2. The van der Waals surface area contributed by atoms with Gasteiger partial charge in [-0.1, -0.05) is 42.0 Å². The topological polar surface area (TPSA) is 68.5 Å². The largest absolute Gasteiger partial charge is 0.449 e. The van der Waals surface area contributed by atoms with Crippen molar-refractivity contribution in [2.24, 2.45) is 0 Å². The van der Waals surface area contributed by atoms with Crippen LogP contribution in [0.5, 0.6) is 0 Å². The Kier molecular flexibility index (Phi) is 5.89. The van der Waals surface area contributed by atoms with E-state index in [0.29, 0.717) is 6.54 Å². The molecule has 0 aliphatic rings. The molecule has 0 fully saturated rings. The summed E-state index contributed by atoms with van der Waals surface area (Å²) < 4.78 is 24.4. The van der Waals surface area contributed by atoms with Gasteiger partial charge in [0.25, 0.3) is 5.91 Å². The molecular weight excluding hydrogens is 361 g/mol. The van der Waals surface area contributed by atoms with Crippen LogP contribution in [0.25, 0.3) is 11.3 Å². The standard InChI is InChI=1S/C22H20FNO4/c1-14-7-9-16(10-8-14)13-24-21(25)15(2)27-22(26)20-12-11-19(28-20)17-5-3-4-6-18(17)23/h3-12,15H,13H2,1-2H3,(H,24,25)/t15-/m0/s1. The molecule has 0 radical (unpaired) electrons. The zero-order chi connectivity index (χ0) is 20.1. The summed E-state index contributed by atoms with van der Waals surface area (Å²) in [4.78, 5) is 24.4. The number of amides is 1. The van der Waals surface area contributed by atoms with Crippen molar-refractivity contribution in [3.8, 4) is 11.3 Å². The summed E-state index contributed by atoms with van der Waals surface area (Å²) in [6, 6.07) is 16.7. The van der Waals surface area contributed by atoms with Crippen molar-refractivity contribution in [1.29, 1.82) is 0 Å². The molecule has 1 N–H and O–H groups in total. The van der Waals surface area contributed by atoms with E-state index in [1.165, 1.54) is 25.1 Å². The van der Waals surface area contributed by atoms with Crippen molar-refractivity contribution in [1.82, 2.24) is 5.32 Å². The molecule has 0 saturated heterocycles. The summed E-state index contributed by atoms with van der Waals surface area (Å²) in [5.74, 6) is -1.56. The maximum absolute atomic E-state index is 13.8. The number of hydrogen-bond acceptors (Lipinski definition) is 4. The molecule has 0 unspecified atom stereocenters. The molecule has 1 heterocycles. The van der Waals surface area contributed by atoms with Crippen LogP contribution >= 0.6 is 0 Å². The Hall–Kier alpha value is -3.41. The van der Waals surface area contributed by atoms with Gasteiger partial charge < -0.3 is 14.5 Å². The molecule has 1 amide bonds. The lowest BCUT2D eigenvalue weighted by Gasteiger charge is -2.13. The second-order valence-corrected chi connectivity index (χ2v) is 6.39. The number of rotatable bonds is 6. The molecule has 0 saturated carbocycles. The van der Waals surface area contributed by atoms with Crippen molar-refractivity contribution >= 4 is 11.9 Å². The first-order valence-electron chi connectivity index (χ1n) is 8.83. The number of hydrogen-bond donors (Lipinski definition) is 1. The number of furan rings is 1. The van der Waals surface area contributed by atoms with Gasteiger partial charge in [0.2, 0.25) is 5.76 Å². The number of aryl methyl sites for hydroxylation is 1. The van der Waals surface area contributed by atoms with Crippen LogP contribution in [0.1, 0.15) is 28.6 Å². The second kappa shape index (κ2) is 8.52. The highest BCUT2D eigenvalue weighted by Gasteiger charge is 2.21. The molecule has 0 aliphatic carbocycles. The van der Waals surface area contributed by atoms with E-state index in [1.54, 1.807) is 18.2 Å². The Labute approximate surface area is 162 Å². The predicted octanol–water partition coefficient (Wildman–Crippen LogP) is 4.26. The Morgan fingerprint density at radius 1 is 1.07 bits per heavy atom. The summed E-state index contributed by atoms with van der Waals surface area (Å²) in [5.41, 5.74) is 2.31. The van der Waals surface area contributed by atoms with E-state index in [1.807, 2.05) is 31.2 Å². The molecule has 6 heteroatoms. The highest BCUT2D eigenvalue weighted by Crippen LogP contribution is 2.25. The third-order valence-corrected chi connectivity index (χ3v) is 4.19. The number of benzene rings is 2. The Morgan fingerprint density at radius 3 is 2.50 bits per heavy atom. The van der Waals surface area contributed by atoms with Gasteiger partial charge in [-0.25, -0.2) is 9.18 Å². The molecule has 1 atom stereocenters. The molecule has 0 spiro atoms. The minimum absolute atomic E-state index is 0.101. The molecule has 0 bridgehead atoms. The second-order valence-electron chi connectivity index (χ2n) is 6.39. The Balaban J connectivity index is 1.57. The lowest BCUT2D eigenvalue weighted by atomic mass is 10.1. The quantitative estimate of drug-likeness (QED) is 0.648. The molecule has 144 valence electrons. The fourth-order valence-corrected chi connectivity index (χ4v) is 2.56. The van der Waals surface area contributed by atoms with E-state index in [0.717, 1.165) is 11.1 Å². The summed E-state index contributed by atoms with van der Waals surface area (Å²) in [6.45, 7) is 3.79. The number of carbonyl (C=O) groups is 2. The maximum Gasteiger partial charge on any atom is 0.375 e. The maximum atomic E-state index is 13.8. The number of halogens is 1. The minimum Gasteiger partial charge on any atom is -0.449 e. The van der Waals surface area contributed by atoms with Crippen LogP contribution in [0.3, 0.4) is 0 Å².